The van der Waals surface area contributed by atoms with Gasteiger partial charge in [0.25, 0.3) is 0 Å². The van der Waals surface area contributed by atoms with Crippen LogP contribution in [0.1, 0.15) is 20.8 Å². The number of alkyl halides is 1. The van der Waals surface area contributed by atoms with Gasteiger partial charge in [-0.3, -0.25) is 0 Å². The molecule has 0 aromatic rings. The Morgan fingerprint density at radius 2 is 1.73 bits per heavy atom. The molecule has 0 atom stereocenters. The largest absolute Gasteiger partial charge is 0.417 e. The van der Waals surface area contributed by atoms with Gasteiger partial charge >= 0.3 is 0 Å². The standard InChI is InChI=1S/C8H19ClOSi/c1-4-10-11(5-2,6-3)8-7-9/h4-8H2,1-3H3. The van der Waals surface area contributed by atoms with Crippen molar-refractivity contribution in [2.24, 2.45) is 0 Å². The van der Waals surface area contributed by atoms with Gasteiger partial charge in [-0.15, -0.1) is 11.6 Å². The Bertz CT molecular complexity index is 86.1. The summed E-state index contributed by atoms with van der Waals surface area (Å²) in [5.74, 6) is 0.758. The highest BCUT2D eigenvalue weighted by molar-refractivity contribution is 6.74. The summed E-state index contributed by atoms with van der Waals surface area (Å²) in [5.41, 5.74) is 0. The van der Waals surface area contributed by atoms with E-state index in [1.54, 1.807) is 0 Å². The van der Waals surface area contributed by atoms with E-state index >= 15 is 0 Å². The first kappa shape index (κ1) is 11.5. The number of halogens is 1. The summed E-state index contributed by atoms with van der Waals surface area (Å²) in [5, 5.41) is 0. The van der Waals surface area contributed by atoms with Crippen molar-refractivity contribution in [1.29, 1.82) is 0 Å². The molecule has 0 aliphatic heterocycles. The number of rotatable bonds is 6. The predicted octanol–water partition coefficient (Wildman–Crippen LogP) is 3.25. The van der Waals surface area contributed by atoms with E-state index in [-0.39, 0.29) is 0 Å². The zero-order valence-electron chi connectivity index (χ0n) is 7.82. The Labute approximate surface area is 76.2 Å². The van der Waals surface area contributed by atoms with E-state index < -0.39 is 8.32 Å². The minimum absolute atomic E-state index is 0.758. The van der Waals surface area contributed by atoms with Crippen LogP contribution >= 0.6 is 11.6 Å². The maximum atomic E-state index is 5.82. The minimum Gasteiger partial charge on any atom is -0.417 e. The average Bonchev–Trinajstić information content (AvgIpc) is 2.04. The van der Waals surface area contributed by atoms with Crippen LogP contribution in [0.3, 0.4) is 0 Å². The highest BCUT2D eigenvalue weighted by atomic mass is 35.5. The van der Waals surface area contributed by atoms with Gasteiger partial charge in [-0.05, 0) is 25.1 Å². The molecule has 0 aromatic heterocycles. The van der Waals surface area contributed by atoms with Crippen molar-refractivity contribution < 1.29 is 4.43 Å². The second-order valence-electron chi connectivity index (χ2n) is 2.76. The summed E-state index contributed by atoms with van der Waals surface area (Å²) in [7, 11) is -1.38. The third-order valence-corrected chi connectivity index (χ3v) is 7.43. The monoisotopic (exact) mass is 194 g/mol. The van der Waals surface area contributed by atoms with Crippen LogP contribution in [0, 0.1) is 0 Å². The average molecular weight is 195 g/mol. The second-order valence-corrected chi connectivity index (χ2v) is 7.71. The number of hydrogen-bond donors (Lipinski definition) is 0. The molecule has 68 valence electrons. The van der Waals surface area contributed by atoms with Gasteiger partial charge in [-0.2, -0.15) is 0 Å². The molecule has 0 bridgehead atoms. The van der Waals surface area contributed by atoms with Crippen LogP contribution in [0.15, 0.2) is 0 Å². The summed E-state index contributed by atoms with van der Waals surface area (Å²) >= 11 is 5.73. The van der Waals surface area contributed by atoms with Crippen molar-refractivity contribution in [2.45, 2.75) is 38.9 Å². The maximum absolute atomic E-state index is 5.82. The smallest absolute Gasteiger partial charge is 0.193 e. The molecule has 0 aliphatic carbocycles. The molecular weight excluding hydrogens is 176 g/mol. The third-order valence-electron chi connectivity index (χ3n) is 2.29. The molecule has 0 spiro atoms. The molecular formula is C8H19ClOSi. The van der Waals surface area contributed by atoms with Crippen LogP contribution in [0.5, 0.6) is 0 Å². The molecule has 0 heterocycles. The highest BCUT2D eigenvalue weighted by Crippen LogP contribution is 2.22. The fraction of sp³-hybridized carbons (Fsp3) is 1.00. The van der Waals surface area contributed by atoms with Crippen LogP contribution < -0.4 is 0 Å². The fourth-order valence-corrected chi connectivity index (χ4v) is 5.11. The lowest BCUT2D eigenvalue weighted by molar-refractivity contribution is 0.321. The van der Waals surface area contributed by atoms with Crippen molar-refractivity contribution in [3.05, 3.63) is 0 Å². The summed E-state index contributed by atoms with van der Waals surface area (Å²) < 4.78 is 5.82. The van der Waals surface area contributed by atoms with Gasteiger partial charge in [0.2, 0.25) is 0 Å². The van der Waals surface area contributed by atoms with Crippen molar-refractivity contribution in [3.8, 4) is 0 Å². The lowest BCUT2D eigenvalue weighted by Crippen LogP contribution is -2.36. The van der Waals surface area contributed by atoms with Crippen LogP contribution in [0.2, 0.25) is 18.1 Å². The van der Waals surface area contributed by atoms with E-state index in [0.717, 1.165) is 18.5 Å². The van der Waals surface area contributed by atoms with Crippen molar-refractivity contribution >= 4 is 19.9 Å². The van der Waals surface area contributed by atoms with E-state index in [4.69, 9.17) is 16.0 Å². The van der Waals surface area contributed by atoms with Crippen LogP contribution in [-0.2, 0) is 4.43 Å². The molecule has 0 saturated heterocycles. The summed E-state index contributed by atoms with van der Waals surface area (Å²) in [6.45, 7) is 7.36. The highest BCUT2D eigenvalue weighted by Gasteiger charge is 2.29. The van der Waals surface area contributed by atoms with Crippen LogP contribution in [0.4, 0.5) is 0 Å². The topological polar surface area (TPSA) is 9.23 Å². The van der Waals surface area contributed by atoms with Gasteiger partial charge in [-0.25, -0.2) is 0 Å². The van der Waals surface area contributed by atoms with E-state index in [0.29, 0.717) is 0 Å². The molecule has 11 heavy (non-hydrogen) atoms. The fourth-order valence-electron chi connectivity index (χ4n) is 1.36. The van der Waals surface area contributed by atoms with Gasteiger partial charge in [0.05, 0.1) is 0 Å². The third kappa shape index (κ3) is 3.59. The van der Waals surface area contributed by atoms with Gasteiger partial charge < -0.3 is 4.43 Å². The minimum atomic E-state index is -1.38. The predicted molar refractivity (Wildman–Crippen MR) is 53.9 cm³/mol. The Balaban J connectivity index is 3.96. The van der Waals surface area contributed by atoms with Gasteiger partial charge in [0, 0.05) is 12.5 Å². The molecule has 0 rings (SSSR count). The Hall–Kier alpha value is 0.467. The van der Waals surface area contributed by atoms with Crippen LogP contribution in [-0.4, -0.2) is 20.8 Å². The molecule has 3 heteroatoms. The zero-order valence-corrected chi connectivity index (χ0v) is 9.58. The Morgan fingerprint density at radius 3 is 2.00 bits per heavy atom. The SMILES string of the molecule is CCO[Si](CC)(CC)CCCl. The molecule has 1 nitrogen and oxygen atoms in total. The van der Waals surface area contributed by atoms with Gasteiger partial charge in [-0.1, -0.05) is 13.8 Å². The second kappa shape index (κ2) is 6.04. The molecule has 0 fully saturated rings. The molecule has 0 aliphatic rings. The lowest BCUT2D eigenvalue weighted by Gasteiger charge is -2.27. The molecule has 0 amide bonds. The van der Waals surface area contributed by atoms with E-state index in [2.05, 4.69) is 20.8 Å². The summed E-state index contributed by atoms with van der Waals surface area (Å²) in [6.07, 6.45) is 0. The van der Waals surface area contributed by atoms with Gasteiger partial charge in [0.1, 0.15) is 0 Å². The molecule has 0 radical (unpaired) electrons. The maximum Gasteiger partial charge on any atom is 0.193 e. The van der Waals surface area contributed by atoms with Crippen molar-refractivity contribution in [2.75, 3.05) is 12.5 Å². The zero-order chi connectivity index (χ0) is 8.74. The molecule has 0 N–H and O–H groups in total. The lowest BCUT2D eigenvalue weighted by atomic mass is 10.9. The summed E-state index contributed by atoms with van der Waals surface area (Å²) in [6, 6.07) is 3.50. The van der Waals surface area contributed by atoms with Crippen molar-refractivity contribution in [3.63, 3.8) is 0 Å². The first-order valence-electron chi connectivity index (χ1n) is 4.44. The van der Waals surface area contributed by atoms with Crippen molar-refractivity contribution in [1.82, 2.24) is 0 Å². The quantitative estimate of drug-likeness (QED) is 0.466. The Kier molecular flexibility index (Phi) is 6.29. The summed E-state index contributed by atoms with van der Waals surface area (Å²) in [4.78, 5) is 0. The van der Waals surface area contributed by atoms with E-state index in [1.807, 2.05) is 0 Å². The first-order valence-corrected chi connectivity index (χ1v) is 7.51. The van der Waals surface area contributed by atoms with Gasteiger partial charge in [0.15, 0.2) is 8.32 Å². The first-order chi connectivity index (χ1) is 5.24. The van der Waals surface area contributed by atoms with Crippen LogP contribution in [0.25, 0.3) is 0 Å². The van der Waals surface area contributed by atoms with E-state index in [1.165, 1.54) is 12.1 Å². The number of hydrogen-bond acceptors (Lipinski definition) is 1. The normalized spacial score (nSPS) is 12.0. The molecule has 0 aromatic carbocycles. The molecule has 0 unspecified atom stereocenters. The Morgan fingerprint density at radius 1 is 1.18 bits per heavy atom. The van der Waals surface area contributed by atoms with E-state index in [9.17, 15) is 0 Å². The molecule has 0 saturated carbocycles.